The summed E-state index contributed by atoms with van der Waals surface area (Å²) in [4.78, 5) is 36.7. The molecule has 1 atom stereocenters. The number of allylic oxidation sites excluding steroid dienone is 1. The van der Waals surface area contributed by atoms with Crippen LogP contribution in [-0.2, 0) is 21.4 Å². The number of hydrogen-bond donors (Lipinski definition) is 2. The van der Waals surface area contributed by atoms with Crippen molar-refractivity contribution in [2.75, 3.05) is 12.4 Å². The predicted octanol–water partition coefficient (Wildman–Crippen LogP) is 5.30. The number of carbonyl (C=O) groups excluding carboxylic acids is 2. The largest absolute Gasteiger partial charge is 0.331 e. The molecule has 0 unspecified atom stereocenters. The van der Waals surface area contributed by atoms with E-state index in [1.165, 1.54) is 18.4 Å². The fourth-order valence-corrected chi connectivity index (χ4v) is 7.13. The van der Waals surface area contributed by atoms with Crippen LogP contribution in [0, 0.1) is 12.8 Å². The minimum absolute atomic E-state index is 0.00221. The molecule has 40 heavy (non-hydrogen) atoms. The smallest absolute Gasteiger partial charge is 0.256 e. The maximum absolute atomic E-state index is 13.4. The minimum Gasteiger partial charge on any atom is -0.331 e. The van der Waals surface area contributed by atoms with E-state index in [4.69, 9.17) is 0 Å². The molecule has 1 aliphatic carbocycles. The van der Waals surface area contributed by atoms with Crippen molar-refractivity contribution in [1.82, 2.24) is 19.6 Å². The molecule has 2 aliphatic rings. The van der Waals surface area contributed by atoms with Gasteiger partial charge in [-0.1, -0.05) is 23.0 Å². The molecule has 0 saturated heterocycles. The molecule has 5 rings (SSSR count). The van der Waals surface area contributed by atoms with Crippen LogP contribution in [0.4, 0.5) is 10.9 Å². The molecule has 0 spiro atoms. The van der Waals surface area contributed by atoms with Crippen molar-refractivity contribution in [2.45, 2.75) is 64.4 Å². The number of carbonyl (C=O) groups is 2. The highest BCUT2D eigenvalue weighted by atomic mass is 32.2. The van der Waals surface area contributed by atoms with E-state index in [-0.39, 0.29) is 28.2 Å². The van der Waals surface area contributed by atoms with Crippen molar-refractivity contribution in [3.63, 3.8) is 0 Å². The first-order valence-corrected chi connectivity index (χ1v) is 15.6. The van der Waals surface area contributed by atoms with Gasteiger partial charge < -0.3 is 10.2 Å². The Labute approximate surface area is 238 Å². The van der Waals surface area contributed by atoms with E-state index in [2.05, 4.69) is 20.0 Å². The quantitative estimate of drug-likeness (QED) is 0.334. The Bertz CT molecular complexity index is 1640. The number of aryl methyl sites for hydroxylation is 1. The topological polar surface area (TPSA) is 121 Å². The molecule has 3 aromatic rings. The van der Waals surface area contributed by atoms with E-state index >= 15 is 0 Å². The van der Waals surface area contributed by atoms with Crippen LogP contribution in [0.25, 0.3) is 16.5 Å². The number of benzene rings is 1. The molecular weight excluding hydrogens is 546 g/mol. The zero-order valence-electron chi connectivity index (χ0n) is 23.2. The number of rotatable bonds is 10. The highest BCUT2D eigenvalue weighted by Crippen LogP contribution is 2.42. The first-order valence-electron chi connectivity index (χ1n) is 13.3. The lowest BCUT2D eigenvalue weighted by Gasteiger charge is -2.24. The van der Waals surface area contributed by atoms with Crippen molar-refractivity contribution < 1.29 is 18.0 Å². The van der Waals surface area contributed by atoms with Gasteiger partial charge in [0.2, 0.25) is 10.0 Å². The Balaban J connectivity index is 1.47. The molecule has 9 nitrogen and oxygen atoms in total. The zero-order chi connectivity index (χ0) is 28.8. The number of nitrogens with one attached hydrogen (secondary N) is 2. The second-order valence-electron chi connectivity index (χ2n) is 10.6. The highest BCUT2D eigenvalue weighted by molar-refractivity contribution is 7.89. The van der Waals surface area contributed by atoms with E-state index in [9.17, 15) is 18.0 Å². The number of fused-ring (bicyclic) bond motifs is 1. The normalized spacial score (nSPS) is 16.3. The van der Waals surface area contributed by atoms with E-state index in [1.54, 1.807) is 17.9 Å². The van der Waals surface area contributed by atoms with Crippen molar-refractivity contribution >= 4 is 50.1 Å². The first-order chi connectivity index (χ1) is 19.0. The van der Waals surface area contributed by atoms with Crippen LogP contribution in [0.15, 0.2) is 40.8 Å². The predicted molar refractivity (Wildman–Crippen MR) is 157 cm³/mol. The summed E-state index contributed by atoms with van der Waals surface area (Å²) < 4.78 is 28.5. The number of amides is 1. The number of Topliss-reactive ketones (excluding diaryl/α,β-unsaturated/α-hetero) is 1. The average molecular weight is 580 g/mol. The van der Waals surface area contributed by atoms with Gasteiger partial charge in [-0.3, -0.25) is 9.59 Å². The van der Waals surface area contributed by atoms with Gasteiger partial charge >= 0.3 is 0 Å². The minimum atomic E-state index is -3.88. The van der Waals surface area contributed by atoms with Crippen molar-refractivity contribution in [3.05, 3.63) is 58.4 Å². The Morgan fingerprint density at radius 2 is 1.98 bits per heavy atom. The number of hydrogen-bond acceptors (Lipinski definition) is 8. The summed E-state index contributed by atoms with van der Waals surface area (Å²) >= 11 is 1.39. The van der Waals surface area contributed by atoms with Crippen LogP contribution in [0.1, 0.15) is 67.3 Å². The third-order valence-corrected chi connectivity index (χ3v) is 9.90. The van der Waals surface area contributed by atoms with Crippen LogP contribution in [-0.4, -0.2) is 48.1 Å². The van der Waals surface area contributed by atoms with Crippen LogP contribution < -0.4 is 10.0 Å². The molecule has 1 saturated carbocycles. The number of nitrogens with zero attached hydrogens (tertiary/aromatic N) is 3. The number of sulfonamides is 1. The SMILES string of the molecule is CNS(=O)(=O)c1cc(-c2sc(Nc3cccc(/C=C(\C)CC(C)=O)n3)nc2C)cc2c1C(=O)N([C@@H](C)C1CC1)C2. The number of pyridine rings is 1. The molecule has 1 aliphatic heterocycles. The van der Waals surface area contributed by atoms with Gasteiger partial charge in [0.15, 0.2) is 5.13 Å². The lowest BCUT2D eigenvalue weighted by atomic mass is 10.0. The van der Waals surface area contributed by atoms with E-state index in [0.29, 0.717) is 41.0 Å². The molecule has 210 valence electrons. The maximum Gasteiger partial charge on any atom is 0.256 e. The average Bonchev–Trinajstić information content (AvgIpc) is 3.61. The molecule has 1 aromatic carbocycles. The molecule has 1 amide bonds. The third-order valence-electron chi connectivity index (χ3n) is 7.34. The van der Waals surface area contributed by atoms with Gasteiger partial charge in [0.25, 0.3) is 5.91 Å². The Kier molecular flexibility index (Phi) is 7.64. The van der Waals surface area contributed by atoms with Crippen molar-refractivity contribution in [1.29, 1.82) is 0 Å². The van der Waals surface area contributed by atoms with Gasteiger partial charge in [-0.15, -0.1) is 0 Å². The fraction of sp³-hybridized carbons (Fsp3) is 0.379. The van der Waals surface area contributed by atoms with Crippen LogP contribution in [0.3, 0.4) is 0 Å². The van der Waals surface area contributed by atoms with Gasteiger partial charge in [0.1, 0.15) is 11.6 Å². The Morgan fingerprint density at radius 3 is 2.65 bits per heavy atom. The molecule has 2 N–H and O–H groups in total. The summed E-state index contributed by atoms with van der Waals surface area (Å²) in [6.45, 7) is 7.77. The third kappa shape index (κ3) is 5.72. The number of aromatic nitrogens is 2. The first kappa shape index (κ1) is 28.1. The van der Waals surface area contributed by atoms with Crippen LogP contribution in [0.2, 0.25) is 0 Å². The fourth-order valence-electron chi connectivity index (χ4n) is 5.18. The second kappa shape index (κ2) is 10.9. The van der Waals surface area contributed by atoms with Gasteiger partial charge in [0.05, 0.1) is 26.7 Å². The lowest BCUT2D eigenvalue weighted by Crippen LogP contribution is -2.35. The highest BCUT2D eigenvalue weighted by Gasteiger charge is 2.41. The summed E-state index contributed by atoms with van der Waals surface area (Å²) in [5, 5.41) is 3.86. The Hall–Kier alpha value is -3.41. The van der Waals surface area contributed by atoms with Crippen LogP contribution in [0.5, 0.6) is 0 Å². The standard InChI is InChI=1S/C29H33N5O4S2/c1-16(11-17(2)35)12-23-7-6-8-25(32-23)33-29-31-18(3)27(39-29)21-13-22-15-34(19(4)20-9-10-20)28(36)26(22)24(14-21)40(37,38)30-5/h6-8,12-14,19-20,30H,9-11,15H2,1-5H3,(H,31,32,33)/b16-12+/t19-/m0/s1. The lowest BCUT2D eigenvalue weighted by molar-refractivity contribution is -0.116. The molecule has 1 fully saturated rings. The van der Waals surface area contributed by atoms with Gasteiger partial charge in [0, 0.05) is 19.0 Å². The van der Waals surface area contributed by atoms with Gasteiger partial charge in [-0.2, -0.15) is 0 Å². The molecule has 3 heterocycles. The molecule has 0 bridgehead atoms. The maximum atomic E-state index is 13.4. The Morgan fingerprint density at radius 1 is 1.23 bits per heavy atom. The number of thiazole rings is 1. The summed E-state index contributed by atoms with van der Waals surface area (Å²) in [7, 11) is -2.53. The van der Waals surface area contributed by atoms with E-state index in [1.807, 2.05) is 51.1 Å². The van der Waals surface area contributed by atoms with Gasteiger partial charge in [-0.25, -0.2) is 23.1 Å². The summed E-state index contributed by atoms with van der Waals surface area (Å²) in [5.74, 6) is 0.949. The van der Waals surface area contributed by atoms with Crippen molar-refractivity contribution in [2.24, 2.45) is 5.92 Å². The van der Waals surface area contributed by atoms with E-state index in [0.717, 1.165) is 34.7 Å². The summed E-state index contributed by atoms with van der Waals surface area (Å²) in [5.41, 5.74) is 4.08. The molecule has 2 aromatic heterocycles. The number of ketones is 1. The summed E-state index contributed by atoms with van der Waals surface area (Å²) in [6, 6.07) is 9.16. The second-order valence-corrected chi connectivity index (χ2v) is 13.5. The summed E-state index contributed by atoms with van der Waals surface area (Å²) in [6.07, 6.45) is 4.45. The van der Waals surface area contributed by atoms with Crippen LogP contribution >= 0.6 is 11.3 Å². The molecule has 11 heteroatoms. The number of anilines is 2. The molecule has 0 radical (unpaired) electrons. The molecular formula is C29H33N5O4S2. The zero-order valence-corrected chi connectivity index (χ0v) is 24.9. The van der Waals surface area contributed by atoms with Crippen molar-refractivity contribution in [3.8, 4) is 10.4 Å². The van der Waals surface area contributed by atoms with E-state index < -0.39 is 10.0 Å². The van der Waals surface area contributed by atoms with Gasteiger partial charge in [-0.05, 0) is 95.0 Å². The monoisotopic (exact) mass is 579 g/mol.